The number of methoxy groups -OCH3 is 3. The van der Waals surface area contributed by atoms with Crippen LogP contribution in [0.1, 0.15) is 51.9 Å². The second-order valence-corrected chi connectivity index (χ2v) is 4.91. The first-order valence-electron chi connectivity index (χ1n) is 7.25. The Morgan fingerprint density at radius 1 is 1.10 bits per heavy atom. The van der Waals surface area contributed by atoms with Crippen LogP contribution >= 0.6 is 0 Å². The lowest BCUT2D eigenvalue weighted by atomic mass is 10.0. The minimum absolute atomic E-state index is 0.131. The van der Waals surface area contributed by atoms with E-state index < -0.39 is 12.0 Å². The quantitative estimate of drug-likeness (QED) is 0.427. The average Bonchev–Trinajstić information content (AvgIpc) is 2.44. The van der Waals surface area contributed by atoms with E-state index in [1.54, 1.807) is 0 Å². The van der Waals surface area contributed by atoms with Crippen molar-refractivity contribution in [2.45, 2.75) is 63.9 Å². The Balaban J connectivity index is 4.36. The van der Waals surface area contributed by atoms with Crippen molar-refractivity contribution in [1.82, 2.24) is 5.32 Å². The van der Waals surface area contributed by atoms with Crippen molar-refractivity contribution in [3.05, 3.63) is 0 Å². The number of nitrogens with two attached hydrogens (primary N) is 1. The monoisotopic (exact) mass is 290 g/mol. The molecule has 0 aromatic carbocycles. The van der Waals surface area contributed by atoms with Crippen molar-refractivity contribution in [2.24, 2.45) is 5.73 Å². The third-order valence-electron chi connectivity index (χ3n) is 3.43. The molecule has 0 aliphatic heterocycles. The predicted molar refractivity (Wildman–Crippen MR) is 78.3 cm³/mol. The van der Waals surface area contributed by atoms with Gasteiger partial charge in [-0.1, -0.05) is 39.0 Å². The summed E-state index contributed by atoms with van der Waals surface area (Å²) in [5.74, 6) is -1.14. The predicted octanol–water partition coefficient (Wildman–Crippen LogP) is 2.37. The lowest BCUT2D eigenvalue weighted by molar-refractivity contribution is -0.357. The van der Waals surface area contributed by atoms with Crippen LogP contribution in [0.15, 0.2) is 0 Å². The molecule has 0 saturated heterocycles. The highest BCUT2D eigenvalue weighted by molar-refractivity contribution is 5.71. The molecule has 6 nitrogen and oxygen atoms in total. The maximum absolute atomic E-state index is 11.1. The highest BCUT2D eigenvalue weighted by atomic mass is 16.9. The van der Waals surface area contributed by atoms with Crippen LogP contribution in [0.3, 0.4) is 0 Å². The number of amides is 2. The van der Waals surface area contributed by atoms with Crippen LogP contribution in [0.2, 0.25) is 0 Å². The fourth-order valence-electron chi connectivity index (χ4n) is 2.22. The van der Waals surface area contributed by atoms with E-state index in [0.29, 0.717) is 6.42 Å². The zero-order valence-corrected chi connectivity index (χ0v) is 13.2. The summed E-state index contributed by atoms with van der Waals surface area (Å²) in [5, 5.41) is 2.73. The zero-order chi connectivity index (χ0) is 15.4. The van der Waals surface area contributed by atoms with Crippen LogP contribution < -0.4 is 11.1 Å². The van der Waals surface area contributed by atoms with Crippen molar-refractivity contribution in [3.63, 3.8) is 0 Å². The van der Waals surface area contributed by atoms with Crippen LogP contribution in [0, 0.1) is 0 Å². The van der Waals surface area contributed by atoms with Crippen molar-refractivity contribution >= 4 is 6.03 Å². The molecule has 0 aliphatic carbocycles. The molecule has 0 aromatic rings. The molecule has 1 unspecified atom stereocenters. The first-order valence-corrected chi connectivity index (χ1v) is 7.25. The molecule has 0 aromatic heterocycles. The topological polar surface area (TPSA) is 82.8 Å². The summed E-state index contributed by atoms with van der Waals surface area (Å²) in [5.41, 5.74) is 5.22. The van der Waals surface area contributed by atoms with Gasteiger partial charge in [-0.25, -0.2) is 4.79 Å². The number of carbonyl (C=O) groups is 1. The van der Waals surface area contributed by atoms with Gasteiger partial charge < -0.3 is 25.3 Å². The number of unbranched alkanes of at least 4 members (excludes halogenated alkanes) is 4. The standard InChI is InChI=1S/C14H30N2O4/c1-5-6-7-8-9-10-12(16-13(15)17)11-14(18-2,19-3)20-4/h12H,5-11H2,1-4H3,(H3,15,16,17). The number of primary amides is 1. The smallest absolute Gasteiger partial charge is 0.312 e. The van der Waals surface area contributed by atoms with Crippen molar-refractivity contribution < 1.29 is 19.0 Å². The van der Waals surface area contributed by atoms with Gasteiger partial charge in [-0.3, -0.25) is 0 Å². The van der Waals surface area contributed by atoms with Gasteiger partial charge in [0.1, 0.15) is 0 Å². The van der Waals surface area contributed by atoms with Crippen LogP contribution in [-0.2, 0) is 14.2 Å². The van der Waals surface area contributed by atoms with Gasteiger partial charge in [0.2, 0.25) is 0 Å². The van der Waals surface area contributed by atoms with E-state index in [2.05, 4.69) is 12.2 Å². The average molecular weight is 290 g/mol. The number of carbonyl (C=O) groups excluding carboxylic acids is 1. The summed E-state index contributed by atoms with van der Waals surface area (Å²) in [6, 6.07) is -0.672. The van der Waals surface area contributed by atoms with Crippen LogP contribution in [0.5, 0.6) is 0 Å². The van der Waals surface area contributed by atoms with Crippen LogP contribution in [0.25, 0.3) is 0 Å². The summed E-state index contributed by atoms with van der Waals surface area (Å²) in [7, 11) is 4.53. The molecular weight excluding hydrogens is 260 g/mol. The van der Waals surface area contributed by atoms with Gasteiger partial charge in [0, 0.05) is 33.8 Å². The summed E-state index contributed by atoms with van der Waals surface area (Å²) in [4.78, 5) is 11.1. The fraction of sp³-hybridized carbons (Fsp3) is 0.929. The summed E-state index contributed by atoms with van der Waals surface area (Å²) in [6.45, 7) is 2.18. The maximum atomic E-state index is 11.1. The lowest BCUT2D eigenvalue weighted by Crippen LogP contribution is -2.47. The van der Waals surface area contributed by atoms with E-state index in [1.165, 1.54) is 40.6 Å². The molecule has 120 valence electrons. The third-order valence-corrected chi connectivity index (χ3v) is 3.43. The lowest BCUT2D eigenvalue weighted by Gasteiger charge is -2.32. The van der Waals surface area contributed by atoms with Crippen LogP contribution in [-0.4, -0.2) is 39.4 Å². The number of hydrogen-bond acceptors (Lipinski definition) is 4. The van der Waals surface area contributed by atoms with Gasteiger partial charge in [0.05, 0.1) is 0 Å². The number of nitrogens with one attached hydrogen (secondary N) is 1. The molecule has 0 aliphatic rings. The Labute approximate surface area is 122 Å². The SMILES string of the molecule is CCCCCCCC(CC(OC)(OC)OC)NC(N)=O. The molecule has 0 radical (unpaired) electrons. The van der Waals surface area contributed by atoms with E-state index in [9.17, 15) is 4.79 Å². The van der Waals surface area contributed by atoms with Crippen LogP contribution in [0.4, 0.5) is 4.79 Å². The number of rotatable bonds is 12. The summed E-state index contributed by atoms with van der Waals surface area (Å²) < 4.78 is 15.8. The molecule has 0 bridgehead atoms. The van der Waals surface area contributed by atoms with Gasteiger partial charge in [0.15, 0.2) is 0 Å². The Bertz CT molecular complexity index is 249. The van der Waals surface area contributed by atoms with Crippen molar-refractivity contribution in [3.8, 4) is 0 Å². The number of hydrogen-bond donors (Lipinski definition) is 2. The highest BCUT2D eigenvalue weighted by Crippen LogP contribution is 2.22. The van der Waals surface area contributed by atoms with Gasteiger partial charge >= 0.3 is 6.03 Å². The summed E-state index contributed by atoms with van der Waals surface area (Å²) in [6.07, 6.45) is 7.06. The molecule has 0 saturated carbocycles. The van der Waals surface area contributed by atoms with Crippen molar-refractivity contribution in [1.29, 1.82) is 0 Å². The van der Waals surface area contributed by atoms with E-state index in [-0.39, 0.29) is 6.04 Å². The minimum Gasteiger partial charge on any atom is -0.352 e. The molecule has 0 rings (SSSR count). The fourth-order valence-corrected chi connectivity index (χ4v) is 2.22. The molecule has 6 heteroatoms. The zero-order valence-electron chi connectivity index (χ0n) is 13.2. The normalized spacial score (nSPS) is 13.2. The highest BCUT2D eigenvalue weighted by Gasteiger charge is 2.33. The van der Waals surface area contributed by atoms with Gasteiger partial charge in [-0.05, 0) is 6.42 Å². The van der Waals surface area contributed by atoms with E-state index in [0.717, 1.165) is 19.3 Å². The maximum Gasteiger partial charge on any atom is 0.312 e. The van der Waals surface area contributed by atoms with Gasteiger partial charge in [0.25, 0.3) is 5.97 Å². The molecule has 3 N–H and O–H groups in total. The Kier molecular flexibility index (Phi) is 10.4. The molecule has 2 amide bonds. The molecule has 20 heavy (non-hydrogen) atoms. The van der Waals surface area contributed by atoms with E-state index in [1.807, 2.05) is 0 Å². The van der Waals surface area contributed by atoms with E-state index >= 15 is 0 Å². The Morgan fingerprint density at radius 2 is 1.65 bits per heavy atom. The Hall–Kier alpha value is -0.850. The van der Waals surface area contributed by atoms with E-state index in [4.69, 9.17) is 19.9 Å². The summed E-state index contributed by atoms with van der Waals surface area (Å²) >= 11 is 0. The largest absolute Gasteiger partial charge is 0.352 e. The van der Waals surface area contributed by atoms with Crippen molar-refractivity contribution in [2.75, 3.05) is 21.3 Å². The second kappa shape index (κ2) is 10.9. The molecule has 0 heterocycles. The van der Waals surface area contributed by atoms with Gasteiger partial charge in [-0.2, -0.15) is 0 Å². The number of urea groups is 1. The third kappa shape index (κ3) is 7.67. The molecule has 0 fully saturated rings. The van der Waals surface area contributed by atoms with Gasteiger partial charge in [-0.15, -0.1) is 0 Å². The number of ether oxygens (including phenoxy) is 3. The Morgan fingerprint density at radius 3 is 2.10 bits per heavy atom. The minimum atomic E-state index is -1.14. The second-order valence-electron chi connectivity index (χ2n) is 4.91. The molecular formula is C14H30N2O4. The molecule has 1 atom stereocenters. The first kappa shape index (κ1) is 19.1. The molecule has 0 spiro atoms. The first-order chi connectivity index (χ1) is 9.53.